The number of ketones is 3. The van der Waals surface area contributed by atoms with Gasteiger partial charge in [0.05, 0.1) is 36.0 Å². The summed E-state index contributed by atoms with van der Waals surface area (Å²) in [7, 11) is 1.35. The molecule has 0 amide bonds. The van der Waals surface area contributed by atoms with E-state index in [1.54, 1.807) is 32.6 Å². The van der Waals surface area contributed by atoms with Crippen molar-refractivity contribution < 1.29 is 54.5 Å². The van der Waals surface area contributed by atoms with Crippen LogP contribution in [0.1, 0.15) is 88.4 Å². The van der Waals surface area contributed by atoms with Crippen LogP contribution in [0.25, 0.3) is 0 Å². The molecule has 1 aliphatic heterocycles. The van der Waals surface area contributed by atoms with Gasteiger partial charge in [0.25, 0.3) is 0 Å². The first-order chi connectivity index (χ1) is 20.8. The smallest absolute Gasteiger partial charge is 0.202 e. The van der Waals surface area contributed by atoms with Crippen molar-refractivity contribution in [3.05, 3.63) is 51.6 Å². The molecule has 12 nitrogen and oxygen atoms in total. The number of Topliss-reactive ketones (excluding diaryl/α,β-unsaturated/α-hetero) is 1. The van der Waals surface area contributed by atoms with Crippen LogP contribution in [-0.2, 0) is 22.4 Å². The molecule has 238 valence electrons. The molecular formula is C32H39NO11. The first-order valence-electron chi connectivity index (χ1n) is 14.8. The van der Waals surface area contributed by atoms with Crippen LogP contribution in [0.3, 0.4) is 0 Å². The Hall–Kier alpha value is -3.39. The lowest BCUT2D eigenvalue weighted by Gasteiger charge is -2.34. The SMILES string of the molecule is C1CC12CC2.CC1OC(O)CC(N)C1O.COc1cccc2c1C(=O)c1c(O)c3c(c(O)c1C2=O)C[C@@](O)(C(=O)CO)CC3. The van der Waals surface area contributed by atoms with Crippen molar-refractivity contribution in [2.75, 3.05) is 13.7 Å². The molecule has 44 heavy (non-hydrogen) atoms. The van der Waals surface area contributed by atoms with Gasteiger partial charge in [0, 0.05) is 35.6 Å². The molecule has 2 saturated carbocycles. The second kappa shape index (κ2) is 11.8. The highest BCUT2D eigenvalue weighted by Crippen LogP contribution is 2.65. The summed E-state index contributed by atoms with van der Waals surface area (Å²) in [5, 5.41) is 59.5. The Kier molecular flexibility index (Phi) is 8.62. The molecule has 3 fully saturated rings. The third-order valence-electron chi connectivity index (χ3n) is 9.43. The molecule has 5 aliphatic rings. The van der Waals surface area contributed by atoms with E-state index in [1.165, 1.54) is 25.3 Å². The Bertz CT molecular complexity index is 1470. The lowest BCUT2D eigenvalue weighted by molar-refractivity contribution is -0.198. The van der Waals surface area contributed by atoms with Crippen LogP contribution in [0.2, 0.25) is 0 Å². The number of aliphatic hydroxyl groups is 4. The number of fused-ring (bicyclic) bond motifs is 3. The fourth-order valence-corrected chi connectivity index (χ4v) is 6.17. The molecule has 2 aromatic rings. The number of carbonyl (C=O) groups excluding carboxylic acids is 3. The summed E-state index contributed by atoms with van der Waals surface area (Å²) in [6, 6.07) is 4.11. The Labute approximate surface area is 254 Å². The van der Waals surface area contributed by atoms with Gasteiger partial charge in [0.1, 0.15) is 29.5 Å². The van der Waals surface area contributed by atoms with Gasteiger partial charge in [0.15, 0.2) is 17.9 Å². The molecule has 12 heteroatoms. The van der Waals surface area contributed by atoms with Crippen molar-refractivity contribution in [1.29, 1.82) is 0 Å². The molecule has 0 bridgehead atoms. The normalized spacial score (nSPS) is 28.7. The fraction of sp³-hybridized carbons (Fsp3) is 0.531. The number of hydrogen-bond acceptors (Lipinski definition) is 12. The van der Waals surface area contributed by atoms with E-state index >= 15 is 0 Å². The first-order valence-corrected chi connectivity index (χ1v) is 14.8. The first kappa shape index (κ1) is 32.0. The van der Waals surface area contributed by atoms with E-state index in [1.807, 2.05) is 0 Å². The summed E-state index contributed by atoms with van der Waals surface area (Å²) in [5.74, 6) is -2.99. The number of methoxy groups -OCH3 is 1. The van der Waals surface area contributed by atoms with Gasteiger partial charge in [-0.15, -0.1) is 0 Å². The maximum Gasteiger partial charge on any atom is 0.202 e. The predicted molar refractivity (Wildman–Crippen MR) is 155 cm³/mol. The molecule has 8 N–H and O–H groups in total. The number of phenolic OH excluding ortho intramolecular Hbond substituents is 2. The largest absolute Gasteiger partial charge is 0.507 e. The summed E-state index contributed by atoms with van der Waals surface area (Å²) in [6.45, 7) is 0.807. The molecule has 1 spiro atoms. The van der Waals surface area contributed by atoms with Gasteiger partial charge < -0.3 is 45.8 Å². The van der Waals surface area contributed by atoms with E-state index in [4.69, 9.17) is 25.4 Å². The third-order valence-corrected chi connectivity index (χ3v) is 9.43. The van der Waals surface area contributed by atoms with Crippen molar-refractivity contribution in [3.63, 3.8) is 0 Å². The number of rotatable bonds is 3. The fourth-order valence-electron chi connectivity index (χ4n) is 6.17. The average Bonchev–Trinajstić information content (AvgIpc) is 3.95. The van der Waals surface area contributed by atoms with Crippen molar-refractivity contribution in [3.8, 4) is 17.2 Å². The lowest BCUT2D eigenvalue weighted by Crippen LogP contribution is -2.51. The number of aliphatic hydroxyl groups excluding tert-OH is 3. The minimum Gasteiger partial charge on any atom is -0.507 e. The van der Waals surface area contributed by atoms with E-state index in [0.29, 0.717) is 6.42 Å². The van der Waals surface area contributed by atoms with E-state index < -0.39 is 53.5 Å². The highest BCUT2D eigenvalue weighted by molar-refractivity contribution is 6.31. The summed E-state index contributed by atoms with van der Waals surface area (Å²) in [4.78, 5) is 38.2. The number of benzene rings is 2. The van der Waals surface area contributed by atoms with Gasteiger partial charge in [-0.2, -0.15) is 0 Å². The van der Waals surface area contributed by atoms with E-state index in [0.717, 1.165) is 5.41 Å². The number of aromatic hydroxyl groups is 2. The van der Waals surface area contributed by atoms with Gasteiger partial charge >= 0.3 is 0 Å². The van der Waals surface area contributed by atoms with Gasteiger partial charge in [-0.25, -0.2) is 0 Å². The van der Waals surface area contributed by atoms with Crippen molar-refractivity contribution in [2.24, 2.45) is 11.1 Å². The van der Waals surface area contributed by atoms with Crippen LogP contribution in [-0.4, -0.2) is 91.8 Å². The van der Waals surface area contributed by atoms with Gasteiger partial charge in [-0.05, 0) is 56.9 Å². The van der Waals surface area contributed by atoms with Crippen LogP contribution >= 0.6 is 0 Å². The predicted octanol–water partition coefficient (Wildman–Crippen LogP) is 1.03. The standard InChI is InChI=1S/C21H18O8.C6H13NO3.C5H8/c1-29-12-4-2-3-10-14(12)20(27)16-15(18(10)25)19(26)11-7-21(28,13(23)8-22)6-5-9(11)17(16)24;1-3-6(9)4(7)2-5(8)10-3;1-2-5(1)3-4-5/h2-4,22,24,26,28H,5-8H2,1H3;3-6,8-9H,2,7H2,1H3;1-4H2/t21-;;/m1../s1. The van der Waals surface area contributed by atoms with Crippen LogP contribution in [0.4, 0.5) is 0 Å². The highest BCUT2D eigenvalue weighted by Gasteiger charge is 2.52. The molecule has 4 unspecified atom stereocenters. The van der Waals surface area contributed by atoms with E-state index in [9.17, 15) is 34.8 Å². The van der Waals surface area contributed by atoms with Gasteiger partial charge in [-0.1, -0.05) is 12.1 Å². The molecule has 4 aliphatic carbocycles. The molecule has 0 aromatic heterocycles. The second-order valence-corrected chi connectivity index (χ2v) is 12.4. The topological polar surface area (TPSA) is 217 Å². The lowest BCUT2D eigenvalue weighted by atomic mass is 9.73. The number of phenols is 2. The minimum absolute atomic E-state index is 0.00456. The molecule has 5 atom stereocenters. The summed E-state index contributed by atoms with van der Waals surface area (Å²) >= 11 is 0. The van der Waals surface area contributed by atoms with Gasteiger partial charge in [-0.3, -0.25) is 14.4 Å². The number of hydrogen-bond donors (Lipinski definition) is 7. The molecular weight excluding hydrogens is 574 g/mol. The molecule has 0 radical (unpaired) electrons. The van der Waals surface area contributed by atoms with Crippen LogP contribution in [0.15, 0.2) is 18.2 Å². The summed E-state index contributed by atoms with van der Waals surface area (Å²) in [5.41, 5.74) is 4.09. The van der Waals surface area contributed by atoms with Crippen LogP contribution < -0.4 is 10.5 Å². The highest BCUT2D eigenvalue weighted by atomic mass is 16.6. The Morgan fingerprint density at radius 2 is 1.61 bits per heavy atom. The monoisotopic (exact) mass is 613 g/mol. The minimum atomic E-state index is -1.93. The number of carbonyl (C=O) groups is 3. The molecule has 2 aromatic carbocycles. The molecule has 1 saturated heterocycles. The zero-order valence-electron chi connectivity index (χ0n) is 24.7. The Morgan fingerprint density at radius 1 is 1.00 bits per heavy atom. The Morgan fingerprint density at radius 3 is 2.16 bits per heavy atom. The second-order valence-electron chi connectivity index (χ2n) is 12.4. The van der Waals surface area contributed by atoms with Crippen LogP contribution in [0.5, 0.6) is 17.2 Å². The van der Waals surface area contributed by atoms with Crippen molar-refractivity contribution in [2.45, 2.75) is 88.4 Å². The van der Waals surface area contributed by atoms with E-state index in [-0.39, 0.29) is 70.5 Å². The average molecular weight is 614 g/mol. The third kappa shape index (κ3) is 5.73. The maximum absolute atomic E-state index is 13.1. The number of ether oxygens (including phenoxy) is 2. The quantitative estimate of drug-likeness (QED) is 0.206. The molecule has 1 heterocycles. The van der Waals surface area contributed by atoms with Crippen LogP contribution in [0, 0.1) is 5.41 Å². The van der Waals surface area contributed by atoms with Crippen molar-refractivity contribution in [1.82, 2.24) is 0 Å². The zero-order valence-corrected chi connectivity index (χ0v) is 24.7. The summed E-state index contributed by atoms with van der Waals surface area (Å²) < 4.78 is 10.1. The summed E-state index contributed by atoms with van der Waals surface area (Å²) in [6.07, 6.45) is 4.22. The van der Waals surface area contributed by atoms with Gasteiger partial charge in [0.2, 0.25) is 5.78 Å². The molecule has 7 rings (SSSR count). The van der Waals surface area contributed by atoms with Crippen molar-refractivity contribution >= 4 is 17.3 Å². The number of nitrogens with two attached hydrogens (primary N) is 1. The van der Waals surface area contributed by atoms with E-state index in [2.05, 4.69) is 0 Å². The maximum atomic E-state index is 13.1. The Balaban J connectivity index is 0.000000207. The zero-order chi connectivity index (χ0) is 32.1.